The van der Waals surface area contributed by atoms with E-state index in [1.165, 1.54) is 18.2 Å². The number of morpholine rings is 1. The molecule has 30 heavy (non-hydrogen) atoms. The molecule has 2 aromatic carbocycles. The van der Waals surface area contributed by atoms with E-state index in [4.69, 9.17) is 20.8 Å². The molecular weight excluding hydrogens is 502 g/mol. The number of fused-ring (bicyclic) bond motifs is 1. The Kier molecular flexibility index (Phi) is 5.62. The standard InChI is InChI=1S/C18H15BrClN3O6S/c19-12-9-13-15(29-18(25)21-13)14(20)16(12)30(26,27)22-11-3-1-10(2-4-11)17(24)23-5-7-28-8-6-23/h1-4,9,22H,5-8H2,(H,21,25). The largest absolute Gasteiger partial charge is 0.417 e. The molecule has 1 aliphatic heterocycles. The van der Waals surface area contributed by atoms with Crippen molar-refractivity contribution >= 4 is 60.2 Å². The molecule has 1 amide bonds. The van der Waals surface area contributed by atoms with Crippen LogP contribution in [0.4, 0.5) is 5.69 Å². The Balaban J connectivity index is 1.60. The van der Waals surface area contributed by atoms with Gasteiger partial charge in [0.2, 0.25) is 0 Å². The molecule has 2 N–H and O–H groups in total. The lowest BCUT2D eigenvalue weighted by molar-refractivity contribution is 0.0303. The summed E-state index contributed by atoms with van der Waals surface area (Å²) in [6.07, 6.45) is 0. The maximum absolute atomic E-state index is 12.9. The number of nitrogens with one attached hydrogen (secondary N) is 2. The first-order chi connectivity index (χ1) is 14.3. The predicted molar refractivity (Wildman–Crippen MR) is 114 cm³/mol. The summed E-state index contributed by atoms with van der Waals surface area (Å²) < 4.78 is 38.6. The fourth-order valence-electron chi connectivity index (χ4n) is 3.09. The number of benzene rings is 2. The molecule has 0 unspecified atom stereocenters. The lowest BCUT2D eigenvalue weighted by Gasteiger charge is -2.26. The highest BCUT2D eigenvalue weighted by Gasteiger charge is 2.26. The van der Waals surface area contributed by atoms with E-state index in [1.807, 2.05) is 0 Å². The minimum atomic E-state index is -4.13. The van der Waals surface area contributed by atoms with Crippen LogP contribution in [0.3, 0.4) is 0 Å². The van der Waals surface area contributed by atoms with Crippen molar-refractivity contribution in [2.45, 2.75) is 4.90 Å². The van der Waals surface area contributed by atoms with Crippen LogP contribution >= 0.6 is 27.5 Å². The fourth-order valence-corrected chi connectivity index (χ4v) is 6.01. The van der Waals surface area contributed by atoms with E-state index in [-0.39, 0.29) is 37.1 Å². The SMILES string of the molecule is O=C(c1ccc(NS(=O)(=O)c2c(Br)cc3[nH]c(=O)oc3c2Cl)cc1)N1CCOCC1. The van der Waals surface area contributed by atoms with Crippen LogP contribution in [0.1, 0.15) is 10.4 Å². The number of aromatic nitrogens is 1. The van der Waals surface area contributed by atoms with E-state index in [2.05, 4.69) is 25.6 Å². The molecule has 1 aromatic heterocycles. The van der Waals surface area contributed by atoms with Crippen LogP contribution in [0.25, 0.3) is 11.1 Å². The van der Waals surface area contributed by atoms with Crippen LogP contribution < -0.4 is 10.5 Å². The third-order valence-electron chi connectivity index (χ3n) is 4.51. The van der Waals surface area contributed by atoms with Gasteiger partial charge in [0, 0.05) is 28.8 Å². The number of rotatable bonds is 4. The number of anilines is 1. The molecule has 0 spiro atoms. The number of ether oxygens (including phenoxy) is 1. The molecule has 4 rings (SSSR count). The maximum atomic E-state index is 12.9. The van der Waals surface area contributed by atoms with E-state index >= 15 is 0 Å². The maximum Gasteiger partial charge on any atom is 0.417 e. The quantitative estimate of drug-likeness (QED) is 0.550. The third-order valence-corrected chi connectivity index (χ3v) is 7.34. The van der Waals surface area contributed by atoms with Crippen LogP contribution in [0, 0.1) is 0 Å². The Bertz CT molecular complexity index is 1280. The molecular formula is C18H15BrClN3O6S. The van der Waals surface area contributed by atoms with Gasteiger partial charge < -0.3 is 14.1 Å². The molecule has 0 aliphatic carbocycles. The van der Waals surface area contributed by atoms with Crippen LogP contribution in [-0.2, 0) is 14.8 Å². The van der Waals surface area contributed by atoms with Gasteiger partial charge >= 0.3 is 5.76 Å². The number of carbonyl (C=O) groups excluding carboxylic acids is 1. The summed E-state index contributed by atoms with van der Waals surface area (Å²) in [6, 6.07) is 7.45. The number of oxazole rings is 1. The van der Waals surface area contributed by atoms with Crippen molar-refractivity contribution < 1.29 is 22.4 Å². The number of nitrogens with zero attached hydrogens (tertiary/aromatic N) is 1. The average molecular weight is 517 g/mol. The highest BCUT2D eigenvalue weighted by atomic mass is 79.9. The zero-order valence-corrected chi connectivity index (χ0v) is 18.4. The van der Waals surface area contributed by atoms with Crippen molar-refractivity contribution in [2.75, 3.05) is 31.0 Å². The average Bonchev–Trinajstić information content (AvgIpc) is 3.08. The van der Waals surface area contributed by atoms with Crippen molar-refractivity contribution in [1.29, 1.82) is 0 Å². The predicted octanol–water partition coefficient (Wildman–Crippen LogP) is 2.81. The first-order valence-corrected chi connectivity index (χ1v) is 11.4. The van der Waals surface area contributed by atoms with Crippen molar-refractivity contribution in [3.8, 4) is 0 Å². The topological polar surface area (TPSA) is 122 Å². The van der Waals surface area contributed by atoms with Gasteiger partial charge in [0.05, 0.1) is 18.7 Å². The monoisotopic (exact) mass is 515 g/mol. The molecule has 3 aromatic rings. The number of aromatic amines is 1. The zero-order chi connectivity index (χ0) is 21.5. The van der Waals surface area contributed by atoms with Crippen LogP contribution in [0.5, 0.6) is 0 Å². The number of carbonyl (C=O) groups is 1. The normalized spacial score (nSPS) is 14.8. The Labute approximate surface area is 184 Å². The molecule has 1 saturated heterocycles. The van der Waals surface area contributed by atoms with Crippen molar-refractivity contribution in [2.24, 2.45) is 0 Å². The van der Waals surface area contributed by atoms with Crippen LogP contribution in [0.15, 0.2) is 48.9 Å². The molecule has 9 nitrogen and oxygen atoms in total. The van der Waals surface area contributed by atoms with Gasteiger partial charge in [-0.25, -0.2) is 13.2 Å². The van der Waals surface area contributed by atoms with E-state index in [1.54, 1.807) is 17.0 Å². The highest BCUT2D eigenvalue weighted by Crippen LogP contribution is 2.36. The minimum absolute atomic E-state index is 0.0586. The Morgan fingerprint density at radius 1 is 1.20 bits per heavy atom. The molecule has 2 heterocycles. The molecule has 0 radical (unpaired) electrons. The number of hydrogen-bond donors (Lipinski definition) is 2. The second-order valence-electron chi connectivity index (χ2n) is 6.48. The molecule has 1 aliphatic rings. The first-order valence-electron chi connectivity index (χ1n) is 8.77. The summed E-state index contributed by atoms with van der Waals surface area (Å²) in [5.74, 6) is -0.895. The number of sulfonamides is 1. The number of H-pyrrole nitrogens is 1. The second-order valence-corrected chi connectivity index (χ2v) is 9.33. The van der Waals surface area contributed by atoms with Gasteiger partial charge in [0.25, 0.3) is 15.9 Å². The van der Waals surface area contributed by atoms with Gasteiger partial charge in [-0.05, 0) is 46.3 Å². The van der Waals surface area contributed by atoms with Crippen molar-refractivity contribution in [3.63, 3.8) is 0 Å². The molecule has 0 bridgehead atoms. The van der Waals surface area contributed by atoms with Crippen molar-refractivity contribution in [1.82, 2.24) is 9.88 Å². The molecule has 1 fully saturated rings. The minimum Gasteiger partial charge on any atom is -0.406 e. The van der Waals surface area contributed by atoms with Crippen LogP contribution in [-0.4, -0.2) is 50.5 Å². The Hall–Kier alpha value is -2.34. The lowest BCUT2D eigenvalue weighted by atomic mass is 10.2. The molecule has 12 heteroatoms. The van der Waals surface area contributed by atoms with Gasteiger partial charge in [-0.3, -0.25) is 14.5 Å². The summed E-state index contributed by atoms with van der Waals surface area (Å²) >= 11 is 9.38. The smallest absolute Gasteiger partial charge is 0.406 e. The van der Waals surface area contributed by atoms with E-state index < -0.39 is 15.8 Å². The zero-order valence-electron chi connectivity index (χ0n) is 15.3. The summed E-state index contributed by atoms with van der Waals surface area (Å²) in [7, 11) is -4.13. The number of halogens is 2. The fraction of sp³-hybridized carbons (Fsp3) is 0.222. The van der Waals surface area contributed by atoms with E-state index in [0.717, 1.165) is 0 Å². The Morgan fingerprint density at radius 2 is 1.87 bits per heavy atom. The van der Waals surface area contributed by atoms with Gasteiger partial charge in [-0.15, -0.1) is 0 Å². The molecule has 0 saturated carbocycles. The molecule has 158 valence electrons. The van der Waals surface area contributed by atoms with Gasteiger partial charge in [-0.2, -0.15) is 0 Å². The Morgan fingerprint density at radius 3 is 2.53 bits per heavy atom. The van der Waals surface area contributed by atoms with Gasteiger partial charge in [-0.1, -0.05) is 11.6 Å². The second kappa shape index (κ2) is 8.06. The van der Waals surface area contributed by atoms with Crippen molar-refractivity contribution in [3.05, 3.63) is 55.9 Å². The molecule has 0 atom stereocenters. The first kappa shape index (κ1) is 20.9. The summed E-state index contributed by atoms with van der Waals surface area (Å²) in [4.78, 5) is 27.7. The van der Waals surface area contributed by atoms with Crippen LogP contribution in [0.2, 0.25) is 5.02 Å². The van der Waals surface area contributed by atoms with Gasteiger partial charge in [0.1, 0.15) is 9.92 Å². The van der Waals surface area contributed by atoms with E-state index in [0.29, 0.717) is 31.9 Å². The van der Waals surface area contributed by atoms with Gasteiger partial charge in [0.15, 0.2) is 5.58 Å². The summed E-state index contributed by atoms with van der Waals surface area (Å²) in [5, 5.41) is -0.232. The summed E-state index contributed by atoms with van der Waals surface area (Å²) in [6.45, 7) is 2.00. The highest BCUT2D eigenvalue weighted by molar-refractivity contribution is 9.10. The summed E-state index contributed by atoms with van der Waals surface area (Å²) in [5.41, 5.74) is 0.889. The number of amides is 1. The number of hydrogen-bond acceptors (Lipinski definition) is 6. The lowest BCUT2D eigenvalue weighted by Crippen LogP contribution is -2.40. The van der Waals surface area contributed by atoms with E-state index in [9.17, 15) is 18.0 Å². The third kappa shape index (κ3) is 3.97.